The number of sulfonamides is 1. The smallest absolute Gasteiger partial charge is 0.256 e. The molecule has 1 heterocycles. The first-order chi connectivity index (χ1) is 16.8. The lowest BCUT2D eigenvalue weighted by molar-refractivity contribution is -0.132. The average molecular weight is 494 g/mol. The zero-order chi connectivity index (χ0) is 25.0. The van der Waals surface area contributed by atoms with Crippen molar-refractivity contribution in [3.63, 3.8) is 0 Å². The SMILES string of the molecule is CCCC(=O)N1CCC(NS(=O)(=O)c2cccc3c(C(=O)Nc4ccccc4C)cccc23)CC1. The molecule has 0 spiro atoms. The number of hydrogen-bond acceptors (Lipinski definition) is 4. The number of para-hydroxylation sites is 1. The van der Waals surface area contributed by atoms with Crippen LogP contribution in [0.4, 0.5) is 5.69 Å². The summed E-state index contributed by atoms with van der Waals surface area (Å²) in [5.41, 5.74) is 2.06. The van der Waals surface area contributed by atoms with Gasteiger partial charge in [0.1, 0.15) is 0 Å². The summed E-state index contributed by atoms with van der Waals surface area (Å²) in [5, 5.41) is 3.99. The van der Waals surface area contributed by atoms with Gasteiger partial charge in [0.15, 0.2) is 0 Å². The van der Waals surface area contributed by atoms with E-state index in [9.17, 15) is 18.0 Å². The quantitative estimate of drug-likeness (QED) is 0.508. The van der Waals surface area contributed by atoms with E-state index in [1.807, 2.05) is 43.0 Å². The molecule has 8 heteroatoms. The van der Waals surface area contributed by atoms with Crippen molar-refractivity contribution in [3.8, 4) is 0 Å². The fraction of sp³-hybridized carbons (Fsp3) is 0.333. The number of carbonyl (C=O) groups excluding carboxylic acids is 2. The number of carbonyl (C=O) groups is 2. The van der Waals surface area contributed by atoms with E-state index >= 15 is 0 Å². The molecule has 0 atom stereocenters. The summed E-state index contributed by atoms with van der Waals surface area (Å²) in [7, 11) is -3.83. The van der Waals surface area contributed by atoms with Crippen LogP contribution in [-0.2, 0) is 14.8 Å². The van der Waals surface area contributed by atoms with Crippen molar-refractivity contribution in [2.75, 3.05) is 18.4 Å². The van der Waals surface area contributed by atoms with E-state index in [-0.39, 0.29) is 22.8 Å². The molecule has 3 aromatic carbocycles. The number of nitrogens with zero attached hydrogens (tertiary/aromatic N) is 1. The van der Waals surface area contributed by atoms with Crippen LogP contribution < -0.4 is 10.0 Å². The third-order valence-corrected chi connectivity index (χ3v) is 8.02. The molecule has 4 rings (SSSR count). The molecule has 184 valence electrons. The minimum atomic E-state index is -3.83. The summed E-state index contributed by atoms with van der Waals surface area (Å²) in [5.74, 6) is -0.170. The largest absolute Gasteiger partial charge is 0.343 e. The number of fused-ring (bicyclic) bond motifs is 1. The van der Waals surface area contributed by atoms with Gasteiger partial charge in [0, 0.05) is 42.2 Å². The zero-order valence-corrected chi connectivity index (χ0v) is 20.9. The number of nitrogens with one attached hydrogen (secondary N) is 2. The van der Waals surface area contributed by atoms with Crippen molar-refractivity contribution in [2.24, 2.45) is 0 Å². The molecule has 1 aliphatic rings. The minimum absolute atomic E-state index is 0.124. The summed E-state index contributed by atoms with van der Waals surface area (Å²) in [6.45, 7) is 4.98. The van der Waals surface area contributed by atoms with Crippen LogP contribution in [0.1, 0.15) is 48.5 Å². The summed E-state index contributed by atoms with van der Waals surface area (Å²) >= 11 is 0. The van der Waals surface area contributed by atoms with Gasteiger partial charge in [-0.1, -0.05) is 49.4 Å². The molecule has 0 aliphatic carbocycles. The number of anilines is 1. The first-order valence-corrected chi connectivity index (χ1v) is 13.5. The van der Waals surface area contributed by atoms with Gasteiger partial charge in [0.2, 0.25) is 15.9 Å². The number of benzene rings is 3. The number of piperidine rings is 1. The Morgan fingerprint density at radius 2 is 1.63 bits per heavy atom. The molecular weight excluding hydrogens is 462 g/mol. The number of hydrogen-bond donors (Lipinski definition) is 2. The first-order valence-electron chi connectivity index (χ1n) is 12.0. The van der Waals surface area contributed by atoms with Gasteiger partial charge in [0.25, 0.3) is 5.91 Å². The Bertz CT molecular complexity index is 1350. The van der Waals surface area contributed by atoms with E-state index in [0.717, 1.165) is 12.0 Å². The van der Waals surface area contributed by atoms with Crippen molar-refractivity contribution < 1.29 is 18.0 Å². The van der Waals surface area contributed by atoms with Gasteiger partial charge in [-0.05, 0) is 55.3 Å². The topological polar surface area (TPSA) is 95.6 Å². The van der Waals surface area contributed by atoms with Crippen molar-refractivity contribution in [1.82, 2.24) is 9.62 Å². The fourth-order valence-corrected chi connectivity index (χ4v) is 6.04. The van der Waals surface area contributed by atoms with Crippen LogP contribution in [0.3, 0.4) is 0 Å². The highest BCUT2D eigenvalue weighted by Gasteiger charge is 2.27. The zero-order valence-electron chi connectivity index (χ0n) is 20.1. The van der Waals surface area contributed by atoms with Gasteiger partial charge < -0.3 is 10.2 Å². The Kier molecular flexibility index (Phi) is 7.52. The van der Waals surface area contributed by atoms with Gasteiger partial charge in [-0.2, -0.15) is 0 Å². The molecular formula is C27H31N3O4S. The third kappa shape index (κ3) is 5.55. The van der Waals surface area contributed by atoms with Gasteiger partial charge >= 0.3 is 0 Å². The summed E-state index contributed by atoms with van der Waals surface area (Å²) < 4.78 is 29.5. The molecule has 7 nitrogen and oxygen atoms in total. The summed E-state index contributed by atoms with van der Waals surface area (Å²) in [6.07, 6.45) is 2.47. The van der Waals surface area contributed by atoms with Crippen molar-refractivity contribution in [1.29, 1.82) is 0 Å². The second-order valence-electron chi connectivity index (χ2n) is 8.95. The van der Waals surface area contributed by atoms with E-state index < -0.39 is 10.0 Å². The van der Waals surface area contributed by atoms with Gasteiger partial charge in [-0.3, -0.25) is 9.59 Å². The molecule has 0 saturated carbocycles. The lowest BCUT2D eigenvalue weighted by Crippen LogP contribution is -2.46. The van der Waals surface area contributed by atoms with Crippen molar-refractivity contribution >= 4 is 38.3 Å². The predicted octanol–water partition coefficient (Wildman–Crippen LogP) is 4.47. The lowest BCUT2D eigenvalue weighted by Gasteiger charge is -2.32. The normalized spacial score (nSPS) is 14.7. The van der Waals surface area contributed by atoms with Crippen molar-refractivity contribution in [3.05, 3.63) is 71.8 Å². The van der Waals surface area contributed by atoms with Gasteiger partial charge in [0.05, 0.1) is 4.90 Å². The van der Waals surface area contributed by atoms with Gasteiger partial charge in [-0.15, -0.1) is 0 Å². The molecule has 35 heavy (non-hydrogen) atoms. The van der Waals surface area contributed by atoms with E-state index in [0.29, 0.717) is 54.4 Å². The molecule has 1 fully saturated rings. The molecule has 1 saturated heterocycles. The Labute approximate surface area is 206 Å². The summed E-state index contributed by atoms with van der Waals surface area (Å²) in [6, 6.07) is 17.4. The van der Waals surface area contributed by atoms with E-state index in [1.165, 1.54) is 0 Å². The Hall–Kier alpha value is -3.23. The summed E-state index contributed by atoms with van der Waals surface area (Å²) in [4.78, 5) is 27.2. The Balaban J connectivity index is 1.55. The maximum absolute atomic E-state index is 13.4. The molecule has 3 aromatic rings. The molecule has 0 radical (unpaired) electrons. The van der Waals surface area contributed by atoms with Crippen LogP contribution in [0.15, 0.2) is 65.6 Å². The third-order valence-electron chi connectivity index (χ3n) is 6.44. The molecule has 0 aromatic heterocycles. The van der Waals surface area contributed by atoms with Crippen LogP contribution in [0.5, 0.6) is 0 Å². The maximum Gasteiger partial charge on any atom is 0.256 e. The molecule has 2 amide bonds. The number of likely N-dealkylation sites (tertiary alicyclic amines) is 1. The van der Waals surface area contributed by atoms with E-state index in [1.54, 1.807) is 36.4 Å². The lowest BCUT2D eigenvalue weighted by atomic mass is 10.0. The molecule has 0 bridgehead atoms. The highest BCUT2D eigenvalue weighted by atomic mass is 32.2. The van der Waals surface area contributed by atoms with Gasteiger partial charge in [-0.25, -0.2) is 13.1 Å². The van der Waals surface area contributed by atoms with Crippen LogP contribution in [0.2, 0.25) is 0 Å². The Morgan fingerprint density at radius 3 is 2.34 bits per heavy atom. The second-order valence-corrected chi connectivity index (χ2v) is 10.6. The number of rotatable bonds is 7. The molecule has 2 N–H and O–H groups in total. The van der Waals surface area contributed by atoms with Crippen LogP contribution >= 0.6 is 0 Å². The predicted molar refractivity (Wildman–Crippen MR) is 138 cm³/mol. The monoisotopic (exact) mass is 493 g/mol. The molecule has 0 unspecified atom stereocenters. The number of aryl methyl sites for hydroxylation is 1. The number of amides is 2. The molecule has 1 aliphatic heterocycles. The van der Waals surface area contributed by atoms with Crippen LogP contribution in [0.25, 0.3) is 10.8 Å². The fourth-order valence-electron chi connectivity index (χ4n) is 4.52. The maximum atomic E-state index is 13.4. The highest BCUT2D eigenvalue weighted by molar-refractivity contribution is 7.89. The van der Waals surface area contributed by atoms with Crippen LogP contribution in [-0.4, -0.2) is 44.3 Å². The first kappa shape index (κ1) is 24.9. The standard InChI is InChI=1S/C27H31N3O4S/c1-3-8-26(31)30-17-15-20(16-18-30)29-35(33,34)25-14-7-10-21-22(25)11-6-12-23(21)27(32)28-24-13-5-4-9-19(24)2/h4-7,9-14,20,29H,3,8,15-18H2,1-2H3,(H,28,32). The highest BCUT2D eigenvalue weighted by Crippen LogP contribution is 2.28. The van der Waals surface area contributed by atoms with Crippen LogP contribution in [0, 0.1) is 6.92 Å². The Morgan fingerprint density at radius 1 is 0.943 bits per heavy atom. The van der Waals surface area contributed by atoms with E-state index in [4.69, 9.17) is 0 Å². The average Bonchev–Trinajstić information content (AvgIpc) is 2.85. The minimum Gasteiger partial charge on any atom is -0.343 e. The van der Waals surface area contributed by atoms with E-state index in [2.05, 4.69) is 10.0 Å². The second kappa shape index (κ2) is 10.6. The van der Waals surface area contributed by atoms with Crippen molar-refractivity contribution in [2.45, 2.75) is 50.5 Å².